The second-order valence-corrected chi connectivity index (χ2v) is 8.80. The van der Waals surface area contributed by atoms with Crippen LogP contribution in [0, 0.1) is 0 Å². The van der Waals surface area contributed by atoms with Gasteiger partial charge in [-0.3, -0.25) is 9.59 Å². The van der Waals surface area contributed by atoms with Crippen molar-refractivity contribution in [1.82, 2.24) is 9.88 Å². The van der Waals surface area contributed by atoms with E-state index in [0.29, 0.717) is 11.3 Å². The summed E-state index contributed by atoms with van der Waals surface area (Å²) in [6.45, 7) is 0.734. The van der Waals surface area contributed by atoms with Gasteiger partial charge in [-0.2, -0.15) is 0 Å². The van der Waals surface area contributed by atoms with E-state index in [-0.39, 0.29) is 17.9 Å². The van der Waals surface area contributed by atoms with Crippen LogP contribution in [0.4, 0.5) is 5.69 Å². The quantitative estimate of drug-likeness (QED) is 0.702. The topological polar surface area (TPSA) is 62.3 Å². The number of aromatic nitrogens is 1. The third-order valence-corrected chi connectivity index (χ3v) is 7.18. The average molecular weight is 396 g/mol. The first-order valence-electron chi connectivity index (χ1n) is 8.92. The Labute approximate surface area is 164 Å². The zero-order valence-corrected chi connectivity index (χ0v) is 16.1. The lowest BCUT2D eigenvalue weighted by Crippen LogP contribution is -2.30. The van der Waals surface area contributed by atoms with Gasteiger partial charge in [-0.15, -0.1) is 23.1 Å². The van der Waals surface area contributed by atoms with E-state index in [1.165, 1.54) is 11.8 Å². The Balaban J connectivity index is 1.45. The van der Waals surface area contributed by atoms with Crippen LogP contribution < -0.4 is 5.32 Å². The van der Waals surface area contributed by atoms with Crippen LogP contribution in [0.3, 0.4) is 0 Å². The first kappa shape index (κ1) is 16.8. The summed E-state index contributed by atoms with van der Waals surface area (Å²) in [5.74, 6) is 0.404. The molecule has 0 aliphatic carbocycles. The molecule has 3 heterocycles. The first-order chi connectivity index (χ1) is 13.2. The smallest absolute Gasteiger partial charge is 0.254 e. The number of amides is 2. The largest absolute Gasteiger partial charge is 0.329 e. The zero-order valence-electron chi connectivity index (χ0n) is 14.5. The molecule has 136 valence electrons. The molecule has 0 spiro atoms. The number of carbonyl (C=O) groups is 2. The summed E-state index contributed by atoms with van der Waals surface area (Å²) < 4.78 is 1.15. The van der Waals surface area contributed by atoms with Crippen molar-refractivity contribution in [3.63, 3.8) is 0 Å². The maximum Gasteiger partial charge on any atom is 0.254 e. The van der Waals surface area contributed by atoms with Crippen LogP contribution in [0.15, 0.2) is 47.4 Å². The molecule has 7 heteroatoms. The second-order valence-electron chi connectivity index (χ2n) is 6.72. The number of thiazole rings is 1. The standard InChI is InChI=1S/C20H17N3O2S2/c24-18-11-26-16-8-7-12(10-14(16)21-18)20(25)23-9-3-5-15(23)19-22-13-4-1-2-6-17(13)27-19/h1-2,4,6-8,10,15H,3,5,9,11H2,(H,21,24)/t15-/m1/s1. The molecule has 0 radical (unpaired) electrons. The summed E-state index contributed by atoms with van der Waals surface area (Å²) in [5.41, 5.74) is 2.34. The van der Waals surface area contributed by atoms with Gasteiger partial charge in [0.15, 0.2) is 0 Å². The molecule has 1 N–H and O–H groups in total. The van der Waals surface area contributed by atoms with Crippen LogP contribution in [0.1, 0.15) is 34.2 Å². The molecule has 2 amide bonds. The molecule has 5 nitrogen and oxygen atoms in total. The van der Waals surface area contributed by atoms with Crippen molar-refractivity contribution in [3.05, 3.63) is 53.0 Å². The maximum atomic E-state index is 13.2. The highest BCUT2D eigenvalue weighted by atomic mass is 32.2. The van der Waals surface area contributed by atoms with Crippen LogP contribution in [0.25, 0.3) is 10.2 Å². The minimum Gasteiger partial charge on any atom is -0.329 e. The number of para-hydroxylation sites is 1. The number of anilines is 1. The van der Waals surface area contributed by atoms with Gasteiger partial charge in [0.2, 0.25) is 5.91 Å². The Morgan fingerprint density at radius 1 is 1.22 bits per heavy atom. The number of benzene rings is 2. The minimum absolute atomic E-state index is 0.00405. The van der Waals surface area contributed by atoms with Gasteiger partial charge in [-0.05, 0) is 43.2 Å². The van der Waals surface area contributed by atoms with Crippen molar-refractivity contribution in [2.75, 3.05) is 17.6 Å². The molecule has 27 heavy (non-hydrogen) atoms. The molecule has 2 aromatic carbocycles. The van der Waals surface area contributed by atoms with Gasteiger partial charge >= 0.3 is 0 Å². The van der Waals surface area contributed by atoms with Crippen LogP contribution >= 0.6 is 23.1 Å². The molecular formula is C20H17N3O2S2. The van der Waals surface area contributed by atoms with Crippen LogP contribution in [0.2, 0.25) is 0 Å². The summed E-state index contributed by atoms with van der Waals surface area (Å²) in [5, 5.41) is 3.87. The highest BCUT2D eigenvalue weighted by Gasteiger charge is 2.33. The average Bonchev–Trinajstić information content (AvgIpc) is 3.33. The van der Waals surface area contributed by atoms with E-state index in [2.05, 4.69) is 11.4 Å². The number of hydrogen-bond acceptors (Lipinski definition) is 5. The van der Waals surface area contributed by atoms with Crippen LogP contribution in [0.5, 0.6) is 0 Å². The fraction of sp³-hybridized carbons (Fsp3) is 0.250. The van der Waals surface area contributed by atoms with E-state index < -0.39 is 0 Å². The molecule has 3 aromatic rings. The lowest BCUT2D eigenvalue weighted by Gasteiger charge is -2.24. The van der Waals surface area contributed by atoms with E-state index >= 15 is 0 Å². The summed E-state index contributed by atoms with van der Waals surface area (Å²) in [6.07, 6.45) is 1.91. The molecule has 1 saturated heterocycles. The minimum atomic E-state index is -0.0226. The van der Waals surface area contributed by atoms with Gasteiger partial charge in [-0.1, -0.05) is 12.1 Å². The van der Waals surface area contributed by atoms with E-state index in [9.17, 15) is 9.59 Å². The predicted octanol–water partition coefficient (Wildman–Crippen LogP) is 4.32. The van der Waals surface area contributed by atoms with E-state index in [4.69, 9.17) is 4.98 Å². The molecule has 0 bridgehead atoms. The van der Waals surface area contributed by atoms with Gasteiger partial charge in [0.05, 0.1) is 27.7 Å². The Bertz CT molecular complexity index is 1030. The number of nitrogens with one attached hydrogen (secondary N) is 1. The van der Waals surface area contributed by atoms with Gasteiger partial charge in [-0.25, -0.2) is 4.98 Å². The zero-order chi connectivity index (χ0) is 18.4. The van der Waals surface area contributed by atoms with Gasteiger partial charge in [0.25, 0.3) is 5.91 Å². The monoisotopic (exact) mass is 395 g/mol. The lowest BCUT2D eigenvalue weighted by molar-refractivity contribution is -0.113. The number of fused-ring (bicyclic) bond motifs is 2. The maximum absolute atomic E-state index is 13.2. The van der Waals surface area contributed by atoms with Gasteiger partial charge in [0.1, 0.15) is 5.01 Å². The van der Waals surface area contributed by atoms with E-state index in [0.717, 1.165) is 45.2 Å². The molecule has 1 atom stereocenters. The second kappa shape index (κ2) is 6.65. The SMILES string of the molecule is O=C1CSc2ccc(C(=O)N3CCC[C@@H]3c3nc4ccccc4s3)cc2N1. The molecule has 5 rings (SSSR count). The molecule has 0 unspecified atom stereocenters. The van der Waals surface area contributed by atoms with E-state index in [1.807, 2.05) is 35.2 Å². The van der Waals surface area contributed by atoms with Crippen molar-refractivity contribution in [2.24, 2.45) is 0 Å². The number of carbonyl (C=O) groups excluding carboxylic acids is 2. The highest BCUT2D eigenvalue weighted by molar-refractivity contribution is 8.00. The molecule has 1 aromatic heterocycles. The normalized spacial score (nSPS) is 19.2. The molecule has 1 fully saturated rings. The Morgan fingerprint density at radius 3 is 3.00 bits per heavy atom. The van der Waals surface area contributed by atoms with Crippen LogP contribution in [-0.2, 0) is 4.79 Å². The number of thioether (sulfide) groups is 1. The molecular weight excluding hydrogens is 378 g/mol. The summed E-state index contributed by atoms with van der Waals surface area (Å²) >= 11 is 3.17. The lowest BCUT2D eigenvalue weighted by atomic mass is 10.1. The Kier molecular flexibility index (Phi) is 4.13. The predicted molar refractivity (Wildman–Crippen MR) is 108 cm³/mol. The fourth-order valence-electron chi connectivity index (χ4n) is 3.68. The van der Waals surface area contributed by atoms with Crippen molar-refractivity contribution in [3.8, 4) is 0 Å². The summed E-state index contributed by atoms with van der Waals surface area (Å²) in [7, 11) is 0. The van der Waals surface area contributed by atoms with Crippen LogP contribution in [-0.4, -0.2) is 34.0 Å². The molecule has 2 aliphatic heterocycles. The van der Waals surface area contributed by atoms with Crippen molar-refractivity contribution in [2.45, 2.75) is 23.8 Å². The number of hydrogen-bond donors (Lipinski definition) is 1. The molecule has 2 aliphatic rings. The Hall–Kier alpha value is -2.38. The number of rotatable bonds is 2. The fourth-order valence-corrected chi connectivity index (χ4v) is 5.58. The third-order valence-electron chi connectivity index (χ3n) is 4.97. The molecule has 0 saturated carbocycles. The Morgan fingerprint density at radius 2 is 2.11 bits per heavy atom. The van der Waals surface area contributed by atoms with Gasteiger partial charge < -0.3 is 10.2 Å². The number of likely N-dealkylation sites (tertiary alicyclic amines) is 1. The van der Waals surface area contributed by atoms with Crippen molar-refractivity contribution >= 4 is 50.8 Å². The van der Waals surface area contributed by atoms with Crippen molar-refractivity contribution < 1.29 is 9.59 Å². The summed E-state index contributed by atoms with van der Waals surface area (Å²) in [6, 6.07) is 13.7. The first-order valence-corrected chi connectivity index (χ1v) is 10.7. The number of nitrogens with zero attached hydrogens (tertiary/aromatic N) is 2. The third kappa shape index (κ3) is 3.00. The van der Waals surface area contributed by atoms with Gasteiger partial charge in [0, 0.05) is 17.0 Å². The highest BCUT2D eigenvalue weighted by Crippen LogP contribution is 2.38. The van der Waals surface area contributed by atoms with Crippen molar-refractivity contribution in [1.29, 1.82) is 0 Å². The summed E-state index contributed by atoms with van der Waals surface area (Å²) in [4.78, 5) is 32.6. The van der Waals surface area contributed by atoms with E-state index in [1.54, 1.807) is 17.4 Å².